The summed E-state index contributed by atoms with van der Waals surface area (Å²) in [7, 11) is 4.06. The summed E-state index contributed by atoms with van der Waals surface area (Å²) in [6, 6.07) is 26.6. The summed E-state index contributed by atoms with van der Waals surface area (Å²) in [5.74, 6) is 0.0279. The first-order valence-electron chi connectivity index (χ1n) is 11.9. The number of nitrogens with zero attached hydrogens (tertiary/aromatic N) is 3. The van der Waals surface area contributed by atoms with E-state index in [1.54, 1.807) is 6.20 Å². The van der Waals surface area contributed by atoms with Crippen LogP contribution in [0.15, 0.2) is 96.1 Å². The first kappa shape index (κ1) is 23.7. The molecule has 0 aliphatic heterocycles. The fourth-order valence-corrected chi connectivity index (χ4v) is 4.68. The molecule has 0 saturated carbocycles. The van der Waals surface area contributed by atoms with Crippen LogP contribution in [0, 0.1) is 0 Å². The number of H-pyrrole nitrogens is 1. The number of benzene rings is 3. The van der Waals surface area contributed by atoms with Gasteiger partial charge in [0.1, 0.15) is 5.02 Å². The Morgan fingerprint density at radius 1 is 1.00 bits per heavy atom. The lowest BCUT2D eigenvalue weighted by atomic mass is 9.90. The van der Waals surface area contributed by atoms with Crippen molar-refractivity contribution < 1.29 is 0 Å². The van der Waals surface area contributed by atoms with Gasteiger partial charge in [0.05, 0.1) is 18.4 Å². The largest absolute Gasteiger partial charge is 0.381 e. The molecule has 2 heterocycles. The molecule has 1 unspecified atom stereocenters. The molecular weight excluding hydrogens is 470 g/mol. The third kappa shape index (κ3) is 4.86. The monoisotopic (exact) mass is 497 g/mol. The molecule has 0 spiro atoms. The predicted octanol–water partition coefficient (Wildman–Crippen LogP) is 5.74. The van der Waals surface area contributed by atoms with Gasteiger partial charge in [0.25, 0.3) is 5.56 Å². The number of rotatable bonds is 8. The van der Waals surface area contributed by atoms with Crippen molar-refractivity contribution in [1.29, 1.82) is 0 Å². The SMILES string of the molecule is CN(C)c1ccc(C(CNc2cnn(Cc3ccccc3)c(=O)c2Cl)c2c[nH]c3ccccc23)cc1. The van der Waals surface area contributed by atoms with Crippen LogP contribution in [0.25, 0.3) is 10.9 Å². The second-order valence-electron chi connectivity index (χ2n) is 9.03. The van der Waals surface area contributed by atoms with Crippen LogP contribution in [0.2, 0.25) is 5.02 Å². The van der Waals surface area contributed by atoms with Gasteiger partial charge in [-0.1, -0.05) is 72.3 Å². The van der Waals surface area contributed by atoms with Crippen molar-refractivity contribution in [2.24, 2.45) is 0 Å². The second kappa shape index (κ2) is 10.3. The van der Waals surface area contributed by atoms with Crippen LogP contribution < -0.4 is 15.8 Å². The van der Waals surface area contributed by atoms with Crippen molar-refractivity contribution in [3.8, 4) is 0 Å². The topological polar surface area (TPSA) is 66.0 Å². The third-order valence-corrected chi connectivity index (χ3v) is 6.83. The van der Waals surface area contributed by atoms with Gasteiger partial charge in [0, 0.05) is 49.3 Å². The molecule has 0 bridgehead atoms. The van der Waals surface area contributed by atoms with Crippen molar-refractivity contribution in [3.63, 3.8) is 0 Å². The minimum absolute atomic E-state index is 0.0279. The van der Waals surface area contributed by atoms with E-state index in [0.29, 0.717) is 18.8 Å². The molecule has 0 aliphatic carbocycles. The Morgan fingerprint density at radius 3 is 2.47 bits per heavy atom. The molecule has 3 aromatic carbocycles. The van der Waals surface area contributed by atoms with Crippen LogP contribution in [0.3, 0.4) is 0 Å². The molecule has 5 rings (SSSR count). The fraction of sp³-hybridized carbons (Fsp3) is 0.172. The van der Waals surface area contributed by atoms with E-state index in [1.807, 2.05) is 56.6 Å². The Hall–Kier alpha value is -4.03. The van der Waals surface area contributed by atoms with E-state index in [2.05, 4.69) is 62.9 Å². The predicted molar refractivity (Wildman–Crippen MR) is 148 cm³/mol. The number of nitrogens with one attached hydrogen (secondary N) is 2. The molecule has 7 heteroatoms. The fourth-order valence-electron chi connectivity index (χ4n) is 4.46. The number of halogens is 1. The summed E-state index contributed by atoms with van der Waals surface area (Å²) in [5.41, 5.74) is 5.77. The summed E-state index contributed by atoms with van der Waals surface area (Å²) in [5, 5.41) is 9.09. The molecule has 0 amide bonds. The first-order chi connectivity index (χ1) is 17.5. The van der Waals surface area contributed by atoms with E-state index in [0.717, 1.165) is 16.8 Å². The summed E-state index contributed by atoms with van der Waals surface area (Å²) in [6.45, 7) is 0.919. The highest BCUT2D eigenvalue weighted by molar-refractivity contribution is 6.32. The van der Waals surface area contributed by atoms with Crippen LogP contribution >= 0.6 is 11.6 Å². The van der Waals surface area contributed by atoms with Gasteiger partial charge in [-0.15, -0.1) is 0 Å². The highest BCUT2D eigenvalue weighted by Gasteiger charge is 2.20. The molecule has 0 saturated heterocycles. The Bertz CT molecular complexity index is 1520. The average Bonchev–Trinajstić information content (AvgIpc) is 3.33. The Morgan fingerprint density at radius 2 is 1.72 bits per heavy atom. The summed E-state index contributed by atoms with van der Waals surface area (Å²) in [4.78, 5) is 18.4. The maximum atomic E-state index is 12.9. The number of fused-ring (bicyclic) bond motifs is 1. The van der Waals surface area contributed by atoms with E-state index in [4.69, 9.17) is 11.6 Å². The molecule has 182 valence electrons. The van der Waals surface area contributed by atoms with E-state index >= 15 is 0 Å². The van der Waals surface area contributed by atoms with Crippen molar-refractivity contribution >= 4 is 33.9 Å². The van der Waals surface area contributed by atoms with E-state index < -0.39 is 0 Å². The maximum absolute atomic E-state index is 12.9. The Kier molecular flexibility index (Phi) is 6.78. The second-order valence-corrected chi connectivity index (χ2v) is 9.41. The molecule has 0 aliphatic rings. The normalized spacial score (nSPS) is 12.0. The van der Waals surface area contributed by atoms with Gasteiger partial charge in [-0.05, 0) is 34.9 Å². The molecule has 0 fully saturated rings. The summed E-state index contributed by atoms with van der Waals surface area (Å²) < 4.78 is 1.39. The molecule has 2 N–H and O–H groups in total. The molecule has 0 radical (unpaired) electrons. The standard InChI is InChI=1S/C29H28ClN5O/c1-34(2)22-14-12-21(13-15-22)24(25-17-31-26-11-7-6-10-23(25)26)16-32-27-18-33-35(29(36)28(27)30)19-20-8-4-3-5-9-20/h3-15,17-18,24,31-32H,16,19H2,1-2H3. The zero-order valence-corrected chi connectivity index (χ0v) is 21.0. The maximum Gasteiger partial charge on any atom is 0.287 e. The minimum Gasteiger partial charge on any atom is -0.381 e. The number of para-hydroxylation sites is 1. The van der Waals surface area contributed by atoms with Gasteiger partial charge in [-0.25, -0.2) is 4.68 Å². The van der Waals surface area contributed by atoms with Crippen LogP contribution in [0.1, 0.15) is 22.6 Å². The van der Waals surface area contributed by atoms with Crippen molar-refractivity contribution in [2.75, 3.05) is 30.9 Å². The summed E-state index contributed by atoms with van der Waals surface area (Å²) >= 11 is 6.52. The highest BCUT2D eigenvalue weighted by Crippen LogP contribution is 2.32. The zero-order valence-electron chi connectivity index (χ0n) is 20.3. The lowest BCUT2D eigenvalue weighted by Gasteiger charge is -2.21. The number of aromatic nitrogens is 3. The van der Waals surface area contributed by atoms with Crippen molar-refractivity contribution in [3.05, 3.63) is 123 Å². The van der Waals surface area contributed by atoms with Gasteiger partial charge >= 0.3 is 0 Å². The smallest absolute Gasteiger partial charge is 0.287 e. The highest BCUT2D eigenvalue weighted by atomic mass is 35.5. The third-order valence-electron chi connectivity index (χ3n) is 6.47. The van der Waals surface area contributed by atoms with Crippen LogP contribution in [-0.4, -0.2) is 35.4 Å². The number of hydrogen-bond donors (Lipinski definition) is 2. The molecular formula is C29H28ClN5O. The van der Waals surface area contributed by atoms with Crippen molar-refractivity contribution in [1.82, 2.24) is 14.8 Å². The van der Waals surface area contributed by atoms with E-state index in [1.165, 1.54) is 21.2 Å². The van der Waals surface area contributed by atoms with E-state index in [9.17, 15) is 4.79 Å². The molecule has 6 nitrogen and oxygen atoms in total. The number of aromatic amines is 1. The number of anilines is 2. The lowest BCUT2D eigenvalue weighted by molar-refractivity contribution is 0.639. The van der Waals surface area contributed by atoms with E-state index in [-0.39, 0.29) is 16.5 Å². The number of hydrogen-bond acceptors (Lipinski definition) is 4. The summed E-state index contributed by atoms with van der Waals surface area (Å²) in [6.07, 6.45) is 3.70. The van der Waals surface area contributed by atoms with Gasteiger partial charge in [-0.3, -0.25) is 4.79 Å². The van der Waals surface area contributed by atoms with Gasteiger partial charge in [0.15, 0.2) is 0 Å². The van der Waals surface area contributed by atoms with Crippen LogP contribution in [-0.2, 0) is 6.54 Å². The Labute approximate surface area is 215 Å². The molecule has 2 aromatic heterocycles. The van der Waals surface area contributed by atoms with Crippen molar-refractivity contribution in [2.45, 2.75) is 12.5 Å². The molecule has 36 heavy (non-hydrogen) atoms. The molecule has 5 aromatic rings. The van der Waals surface area contributed by atoms with Gasteiger partial charge in [-0.2, -0.15) is 5.10 Å². The Balaban J connectivity index is 1.44. The quantitative estimate of drug-likeness (QED) is 0.287. The van der Waals surface area contributed by atoms with Crippen LogP contribution in [0.5, 0.6) is 0 Å². The minimum atomic E-state index is -0.315. The van der Waals surface area contributed by atoms with Crippen LogP contribution in [0.4, 0.5) is 11.4 Å². The molecule has 1 atom stereocenters. The lowest BCUT2D eigenvalue weighted by Crippen LogP contribution is -2.25. The van der Waals surface area contributed by atoms with Gasteiger partial charge in [0.2, 0.25) is 0 Å². The van der Waals surface area contributed by atoms with Gasteiger partial charge < -0.3 is 15.2 Å². The average molecular weight is 498 g/mol. The first-order valence-corrected chi connectivity index (χ1v) is 12.3. The zero-order chi connectivity index (χ0) is 25.1.